The Morgan fingerprint density at radius 2 is 1.92 bits per heavy atom. The molecule has 0 radical (unpaired) electrons. The number of rotatable bonds is 4. The normalized spacial score (nSPS) is 11.5. The van der Waals surface area contributed by atoms with Crippen LogP contribution in [0, 0.1) is 0 Å². The Hall–Kier alpha value is -3.28. The molecule has 1 aromatic heterocycles. The molecule has 0 saturated heterocycles. The van der Waals surface area contributed by atoms with Gasteiger partial charge in [0.15, 0.2) is 23.1 Å². The Balaban J connectivity index is 1.91. The molecule has 0 aliphatic carbocycles. The Morgan fingerprint density at radius 1 is 1.12 bits per heavy atom. The molecule has 0 bridgehead atoms. The van der Waals surface area contributed by atoms with E-state index in [-0.39, 0.29) is 11.5 Å². The maximum Gasteiger partial charge on any atom is 0.177 e. The van der Waals surface area contributed by atoms with Crippen molar-refractivity contribution < 1.29 is 14.9 Å². The Labute approximate surface area is 139 Å². The van der Waals surface area contributed by atoms with Crippen molar-refractivity contribution in [2.75, 3.05) is 7.11 Å². The molecule has 6 heteroatoms. The van der Waals surface area contributed by atoms with Crippen molar-refractivity contribution >= 4 is 11.6 Å². The minimum Gasteiger partial charge on any atom is -0.507 e. The lowest BCUT2D eigenvalue weighted by molar-refractivity contribution is 0.373. The topological polar surface area (TPSA) is 91.3 Å². The fourth-order valence-electron chi connectivity index (χ4n) is 2.33. The molecule has 2 aromatic carbocycles. The first-order chi connectivity index (χ1) is 11.6. The van der Waals surface area contributed by atoms with Gasteiger partial charge in [-0.15, -0.1) is 0 Å². The van der Waals surface area contributed by atoms with Crippen molar-refractivity contribution in [1.82, 2.24) is 15.2 Å². The van der Waals surface area contributed by atoms with Crippen molar-refractivity contribution in [1.29, 1.82) is 0 Å². The van der Waals surface area contributed by atoms with Gasteiger partial charge >= 0.3 is 0 Å². The van der Waals surface area contributed by atoms with E-state index in [1.165, 1.54) is 7.11 Å². The van der Waals surface area contributed by atoms with Crippen LogP contribution in [0.2, 0.25) is 0 Å². The van der Waals surface area contributed by atoms with Gasteiger partial charge in [0.05, 0.1) is 12.7 Å². The first-order valence-corrected chi connectivity index (χ1v) is 7.35. The highest BCUT2D eigenvalue weighted by atomic mass is 16.5. The number of phenolic OH excluding ortho intramolecular Hbond substituents is 2. The van der Waals surface area contributed by atoms with Gasteiger partial charge < -0.3 is 14.9 Å². The van der Waals surface area contributed by atoms with E-state index in [0.717, 1.165) is 11.1 Å². The van der Waals surface area contributed by atoms with Crippen LogP contribution in [0.25, 0.3) is 23.0 Å². The summed E-state index contributed by atoms with van der Waals surface area (Å²) in [7, 11) is 1.50. The zero-order valence-electron chi connectivity index (χ0n) is 13.3. The van der Waals surface area contributed by atoms with Gasteiger partial charge in [-0.3, -0.25) is 5.10 Å². The van der Waals surface area contributed by atoms with Gasteiger partial charge in [-0.25, -0.2) is 4.98 Å². The summed E-state index contributed by atoms with van der Waals surface area (Å²) < 4.78 is 5.10. The number of hydrogen-bond donors (Lipinski definition) is 3. The summed E-state index contributed by atoms with van der Waals surface area (Å²) >= 11 is 0. The van der Waals surface area contributed by atoms with Crippen LogP contribution in [-0.4, -0.2) is 32.5 Å². The second-order valence-electron chi connectivity index (χ2n) is 5.28. The summed E-state index contributed by atoms with van der Waals surface area (Å²) in [6.45, 7) is 1.89. The Bertz CT molecular complexity index is 900. The van der Waals surface area contributed by atoms with E-state index in [0.29, 0.717) is 23.0 Å². The summed E-state index contributed by atoms with van der Waals surface area (Å²) in [6.07, 6.45) is 1.89. The molecule has 0 aliphatic rings. The number of methoxy groups -OCH3 is 1. The fraction of sp³-hybridized carbons (Fsp3) is 0.111. The van der Waals surface area contributed by atoms with E-state index in [1.807, 2.05) is 19.1 Å². The lowest BCUT2D eigenvalue weighted by Gasteiger charge is -2.04. The highest BCUT2D eigenvalue weighted by Gasteiger charge is 2.10. The molecular weight excluding hydrogens is 306 g/mol. The molecule has 122 valence electrons. The number of ether oxygens (including phenoxy) is 1. The zero-order valence-corrected chi connectivity index (χ0v) is 13.3. The van der Waals surface area contributed by atoms with Crippen LogP contribution >= 0.6 is 0 Å². The number of para-hydroxylation sites is 1. The van der Waals surface area contributed by atoms with Gasteiger partial charge in [0, 0.05) is 0 Å². The van der Waals surface area contributed by atoms with E-state index in [1.54, 1.807) is 36.4 Å². The molecule has 0 saturated carbocycles. The zero-order chi connectivity index (χ0) is 17.1. The lowest BCUT2D eigenvalue weighted by atomic mass is 10.1. The molecule has 6 nitrogen and oxygen atoms in total. The number of phenols is 2. The van der Waals surface area contributed by atoms with Crippen LogP contribution in [0.15, 0.2) is 42.5 Å². The largest absolute Gasteiger partial charge is 0.507 e. The Kier molecular flexibility index (Phi) is 4.20. The Morgan fingerprint density at radius 3 is 2.67 bits per heavy atom. The van der Waals surface area contributed by atoms with Crippen molar-refractivity contribution in [3.05, 3.63) is 53.9 Å². The quantitative estimate of drug-likeness (QED) is 0.684. The standard InChI is InChI=1S/C18H17N3O3/c1-11(9-12-7-8-15(23)16(10-12)24-2)17-19-18(21-20-17)13-5-3-4-6-14(13)22/h3-10,22-23H,1-2H3,(H,19,20,21). The fourth-order valence-corrected chi connectivity index (χ4v) is 2.33. The number of allylic oxidation sites excluding steroid dienone is 1. The summed E-state index contributed by atoms with van der Waals surface area (Å²) in [6, 6.07) is 12.0. The number of H-pyrrole nitrogens is 1. The molecule has 0 amide bonds. The highest BCUT2D eigenvalue weighted by Crippen LogP contribution is 2.29. The van der Waals surface area contributed by atoms with Gasteiger partial charge in [0.1, 0.15) is 5.75 Å². The van der Waals surface area contributed by atoms with Crippen LogP contribution < -0.4 is 4.74 Å². The van der Waals surface area contributed by atoms with Gasteiger partial charge in [-0.1, -0.05) is 18.2 Å². The van der Waals surface area contributed by atoms with E-state index < -0.39 is 0 Å². The first kappa shape index (κ1) is 15.6. The van der Waals surface area contributed by atoms with Crippen LogP contribution in [0.3, 0.4) is 0 Å². The molecule has 24 heavy (non-hydrogen) atoms. The van der Waals surface area contributed by atoms with Gasteiger partial charge in [0.25, 0.3) is 0 Å². The maximum atomic E-state index is 9.89. The molecule has 0 spiro atoms. The third-order valence-electron chi connectivity index (χ3n) is 3.58. The van der Waals surface area contributed by atoms with E-state index in [2.05, 4.69) is 15.2 Å². The maximum absolute atomic E-state index is 9.89. The highest BCUT2D eigenvalue weighted by molar-refractivity contribution is 5.78. The minimum absolute atomic E-state index is 0.0898. The summed E-state index contributed by atoms with van der Waals surface area (Å²) in [5.41, 5.74) is 2.28. The number of aromatic hydroxyl groups is 2. The molecule has 0 unspecified atom stereocenters. The second-order valence-corrected chi connectivity index (χ2v) is 5.28. The van der Waals surface area contributed by atoms with E-state index in [9.17, 15) is 10.2 Å². The molecular formula is C18H17N3O3. The van der Waals surface area contributed by atoms with E-state index in [4.69, 9.17) is 4.74 Å². The van der Waals surface area contributed by atoms with E-state index >= 15 is 0 Å². The number of aromatic amines is 1. The third-order valence-corrected chi connectivity index (χ3v) is 3.58. The number of benzene rings is 2. The predicted molar refractivity (Wildman–Crippen MR) is 91.7 cm³/mol. The second kappa shape index (κ2) is 6.45. The molecule has 3 aromatic rings. The number of nitrogens with one attached hydrogen (secondary N) is 1. The predicted octanol–water partition coefficient (Wildman–Crippen LogP) is 3.45. The molecule has 1 heterocycles. The van der Waals surface area contributed by atoms with Crippen LogP contribution in [0.4, 0.5) is 0 Å². The van der Waals surface area contributed by atoms with Crippen molar-refractivity contribution in [2.24, 2.45) is 0 Å². The average molecular weight is 323 g/mol. The first-order valence-electron chi connectivity index (χ1n) is 7.35. The number of nitrogens with zero attached hydrogens (tertiary/aromatic N) is 2. The van der Waals surface area contributed by atoms with Crippen molar-refractivity contribution in [3.63, 3.8) is 0 Å². The molecule has 3 rings (SSSR count). The summed E-state index contributed by atoms with van der Waals surface area (Å²) in [4.78, 5) is 4.42. The number of hydrogen-bond acceptors (Lipinski definition) is 5. The smallest absolute Gasteiger partial charge is 0.177 e. The van der Waals surface area contributed by atoms with Crippen LogP contribution in [-0.2, 0) is 0 Å². The third kappa shape index (κ3) is 3.08. The van der Waals surface area contributed by atoms with Crippen LogP contribution in [0.1, 0.15) is 18.3 Å². The summed E-state index contributed by atoms with van der Waals surface area (Å²) in [5, 5.41) is 26.6. The molecule has 0 aliphatic heterocycles. The molecule has 3 N–H and O–H groups in total. The summed E-state index contributed by atoms with van der Waals surface area (Å²) in [5.74, 6) is 1.66. The van der Waals surface area contributed by atoms with Gasteiger partial charge in [-0.05, 0) is 48.4 Å². The van der Waals surface area contributed by atoms with Gasteiger partial charge in [0.2, 0.25) is 0 Å². The number of aromatic nitrogens is 3. The van der Waals surface area contributed by atoms with Crippen molar-refractivity contribution in [2.45, 2.75) is 6.92 Å². The SMILES string of the molecule is COc1cc(C=C(C)c2n[nH]c(-c3ccccc3O)n2)ccc1O. The monoisotopic (exact) mass is 323 g/mol. The minimum atomic E-state index is 0.0898. The van der Waals surface area contributed by atoms with Crippen molar-refractivity contribution in [3.8, 4) is 28.6 Å². The lowest BCUT2D eigenvalue weighted by Crippen LogP contribution is -1.86. The molecule has 0 atom stereocenters. The van der Waals surface area contributed by atoms with Crippen LogP contribution in [0.5, 0.6) is 17.2 Å². The average Bonchev–Trinajstić information content (AvgIpc) is 3.07. The van der Waals surface area contributed by atoms with Gasteiger partial charge in [-0.2, -0.15) is 5.10 Å². The molecule has 0 fully saturated rings.